The summed E-state index contributed by atoms with van der Waals surface area (Å²) in [5.41, 5.74) is 2.41. The monoisotopic (exact) mass is 415 g/mol. The van der Waals surface area contributed by atoms with Crippen LogP contribution in [-0.4, -0.2) is 34.7 Å². The largest absolute Gasteiger partial charge is 0.408 e. The second kappa shape index (κ2) is 7.00. The summed E-state index contributed by atoms with van der Waals surface area (Å²) >= 11 is 0. The van der Waals surface area contributed by atoms with E-state index in [0.717, 1.165) is 11.3 Å². The first-order valence-corrected chi connectivity index (χ1v) is 10.8. The Morgan fingerprint density at radius 2 is 2.14 bits per heavy atom. The van der Waals surface area contributed by atoms with Crippen LogP contribution in [0.1, 0.15) is 35.1 Å². The highest BCUT2D eigenvalue weighted by atomic mass is 32.2. The molecule has 0 radical (unpaired) electrons. The van der Waals surface area contributed by atoms with Gasteiger partial charge < -0.3 is 4.42 Å². The first-order valence-electron chi connectivity index (χ1n) is 8.98. The molecule has 2 aromatic heterocycles. The van der Waals surface area contributed by atoms with E-state index in [9.17, 15) is 18.1 Å². The van der Waals surface area contributed by atoms with Gasteiger partial charge >= 0.3 is 6.01 Å². The molecule has 4 rings (SSSR count). The first kappa shape index (κ1) is 19.1. The van der Waals surface area contributed by atoms with Gasteiger partial charge in [0.15, 0.2) is 9.84 Å². The Kier molecular flexibility index (Phi) is 4.62. The van der Waals surface area contributed by atoms with E-state index in [-0.39, 0.29) is 29.3 Å². The lowest BCUT2D eigenvalue weighted by atomic mass is 10.1. The van der Waals surface area contributed by atoms with Crippen molar-refractivity contribution in [3.63, 3.8) is 0 Å². The highest BCUT2D eigenvalue weighted by molar-refractivity contribution is 7.91. The smallest absolute Gasteiger partial charge is 0.321 e. The Morgan fingerprint density at radius 3 is 2.79 bits per heavy atom. The van der Waals surface area contributed by atoms with Crippen LogP contribution in [0.3, 0.4) is 0 Å². The van der Waals surface area contributed by atoms with Crippen LogP contribution in [0.5, 0.6) is 0 Å². The lowest BCUT2D eigenvalue weighted by molar-refractivity contribution is 0.472. The highest BCUT2D eigenvalue weighted by Gasteiger charge is 2.33. The fourth-order valence-corrected chi connectivity index (χ4v) is 5.27. The number of nitriles is 1. The maximum atomic E-state index is 13.8. The van der Waals surface area contributed by atoms with Crippen LogP contribution in [0.4, 0.5) is 16.2 Å². The number of halogens is 1. The third-order valence-electron chi connectivity index (χ3n) is 5.14. The number of nitrogens with one attached hydrogen (secondary N) is 1. The van der Waals surface area contributed by atoms with Crippen molar-refractivity contribution in [2.45, 2.75) is 26.2 Å². The molecule has 3 heterocycles. The van der Waals surface area contributed by atoms with Crippen molar-refractivity contribution in [1.82, 2.24) is 14.8 Å². The zero-order valence-corrected chi connectivity index (χ0v) is 16.6. The van der Waals surface area contributed by atoms with E-state index in [4.69, 9.17) is 4.42 Å². The highest BCUT2D eigenvalue weighted by Crippen LogP contribution is 2.33. The molecular formula is C19H18FN5O3S. The van der Waals surface area contributed by atoms with Crippen molar-refractivity contribution in [2.24, 2.45) is 0 Å². The van der Waals surface area contributed by atoms with Gasteiger partial charge in [-0.15, -0.1) is 5.10 Å². The van der Waals surface area contributed by atoms with Gasteiger partial charge in [0, 0.05) is 5.69 Å². The second-order valence-corrected chi connectivity index (χ2v) is 9.26. The van der Waals surface area contributed by atoms with Gasteiger partial charge in [-0.25, -0.2) is 12.8 Å². The average molecular weight is 415 g/mol. The summed E-state index contributed by atoms with van der Waals surface area (Å²) in [4.78, 5) is 0. The van der Waals surface area contributed by atoms with Crippen LogP contribution in [0.15, 0.2) is 28.7 Å². The Morgan fingerprint density at radius 1 is 1.34 bits per heavy atom. The Hall–Kier alpha value is -3.19. The molecule has 8 nitrogen and oxygen atoms in total. The minimum atomic E-state index is -3.08. The molecule has 1 saturated heterocycles. The normalized spacial score (nSPS) is 17.9. The van der Waals surface area contributed by atoms with Crippen molar-refractivity contribution in [3.05, 3.63) is 52.8 Å². The summed E-state index contributed by atoms with van der Waals surface area (Å²) in [6, 6.07) is 8.21. The molecule has 0 aliphatic carbocycles. The maximum Gasteiger partial charge on any atom is 0.321 e. The minimum Gasteiger partial charge on any atom is -0.408 e. The van der Waals surface area contributed by atoms with Crippen LogP contribution in [0.25, 0.3) is 5.69 Å². The average Bonchev–Trinajstić information content (AvgIpc) is 3.33. The molecule has 150 valence electrons. The number of rotatable bonds is 4. The van der Waals surface area contributed by atoms with E-state index >= 15 is 0 Å². The van der Waals surface area contributed by atoms with Gasteiger partial charge in [0.25, 0.3) is 0 Å². The molecule has 0 amide bonds. The van der Waals surface area contributed by atoms with E-state index in [1.807, 2.05) is 6.92 Å². The minimum absolute atomic E-state index is 0.0179. The number of sulfone groups is 1. The quantitative estimate of drug-likeness (QED) is 0.696. The molecule has 1 aliphatic heterocycles. The summed E-state index contributed by atoms with van der Waals surface area (Å²) in [5, 5.41) is 20.5. The van der Waals surface area contributed by atoms with Gasteiger partial charge in [-0.1, -0.05) is 11.2 Å². The summed E-state index contributed by atoms with van der Waals surface area (Å²) in [7, 11) is -3.08. The third kappa shape index (κ3) is 3.49. The van der Waals surface area contributed by atoms with Crippen LogP contribution in [0.2, 0.25) is 0 Å². The van der Waals surface area contributed by atoms with E-state index in [1.54, 1.807) is 23.6 Å². The van der Waals surface area contributed by atoms with Crippen molar-refractivity contribution >= 4 is 21.7 Å². The molecule has 3 aromatic rings. The van der Waals surface area contributed by atoms with E-state index < -0.39 is 15.7 Å². The molecule has 1 aliphatic rings. The number of hydrogen-bond acceptors (Lipinski definition) is 7. The van der Waals surface area contributed by atoms with E-state index in [2.05, 4.69) is 21.6 Å². The molecule has 0 unspecified atom stereocenters. The van der Waals surface area contributed by atoms with Crippen molar-refractivity contribution in [2.75, 3.05) is 16.8 Å². The first-order chi connectivity index (χ1) is 13.8. The number of nitrogens with zero attached hydrogens (tertiary/aromatic N) is 4. The number of benzene rings is 1. The summed E-state index contributed by atoms with van der Waals surface area (Å²) in [6.45, 7) is 3.63. The summed E-state index contributed by atoms with van der Waals surface area (Å²) in [6.07, 6.45) is 0.436. The zero-order chi connectivity index (χ0) is 20.8. The molecular weight excluding hydrogens is 397 g/mol. The van der Waals surface area contributed by atoms with E-state index in [0.29, 0.717) is 23.5 Å². The van der Waals surface area contributed by atoms with Crippen LogP contribution >= 0.6 is 0 Å². The molecule has 0 saturated carbocycles. The van der Waals surface area contributed by atoms with Gasteiger partial charge in [0.2, 0.25) is 5.89 Å². The Bertz CT molecular complexity index is 1240. The molecule has 10 heteroatoms. The van der Waals surface area contributed by atoms with Crippen molar-refractivity contribution in [1.29, 1.82) is 5.26 Å². The van der Waals surface area contributed by atoms with Crippen molar-refractivity contribution in [3.8, 4) is 11.8 Å². The molecule has 1 aromatic carbocycles. The molecule has 1 N–H and O–H groups in total. The second-order valence-electron chi connectivity index (χ2n) is 7.03. The predicted molar refractivity (Wildman–Crippen MR) is 104 cm³/mol. The third-order valence-corrected chi connectivity index (χ3v) is 6.91. The van der Waals surface area contributed by atoms with Crippen LogP contribution < -0.4 is 5.32 Å². The van der Waals surface area contributed by atoms with Crippen LogP contribution in [0, 0.1) is 31.0 Å². The number of aromatic nitrogens is 3. The summed E-state index contributed by atoms with van der Waals surface area (Å²) in [5.74, 6) is -0.0399. The summed E-state index contributed by atoms with van der Waals surface area (Å²) < 4.78 is 44.5. The standard InChI is InChI=1S/C19H18FN5O3S/c1-11-12(2)25(15-5-3-4-14(20)8-15)17(16(11)9-21)22-19-24-23-18(28-19)13-6-7-29(26,27)10-13/h3-5,8,13H,6-7,10H2,1-2H3,(H,22,24)/t13-/m0/s1. The Labute approximate surface area is 166 Å². The Balaban J connectivity index is 1.73. The predicted octanol–water partition coefficient (Wildman–Crippen LogP) is 3.13. The topological polar surface area (TPSA) is 114 Å². The van der Waals surface area contributed by atoms with Gasteiger partial charge in [-0.3, -0.25) is 9.88 Å². The molecule has 29 heavy (non-hydrogen) atoms. The zero-order valence-electron chi connectivity index (χ0n) is 15.8. The van der Waals surface area contributed by atoms with Crippen molar-refractivity contribution < 1.29 is 17.2 Å². The molecule has 1 fully saturated rings. The lowest BCUT2D eigenvalue weighted by Gasteiger charge is -2.12. The van der Waals surface area contributed by atoms with Gasteiger partial charge in [0.1, 0.15) is 17.7 Å². The van der Waals surface area contributed by atoms with Gasteiger partial charge in [0.05, 0.1) is 28.7 Å². The van der Waals surface area contributed by atoms with Gasteiger partial charge in [-0.05, 0) is 44.0 Å². The molecule has 1 atom stereocenters. The SMILES string of the molecule is Cc1c(C#N)c(Nc2nnc([C@H]3CCS(=O)(=O)C3)o2)n(-c2cccc(F)c2)c1C. The van der Waals surface area contributed by atoms with Gasteiger partial charge in [-0.2, -0.15) is 5.26 Å². The fraction of sp³-hybridized carbons (Fsp3) is 0.316. The van der Waals surface area contributed by atoms with Crippen LogP contribution in [-0.2, 0) is 9.84 Å². The van der Waals surface area contributed by atoms with E-state index in [1.165, 1.54) is 12.1 Å². The maximum absolute atomic E-state index is 13.8. The fourth-order valence-electron chi connectivity index (χ4n) is 3.54. The number of anilines is 2. The molecule has 0 bridgehead atoms. The lowest BCUT2D eigenvalue weighted by Crippen LogP contribution is -2.04. The number of hydrogen-bond donors (Lipinski definition) is 1. The molecule has 0 spiro atoms.